The molecule has 2 N–H and O–H groups in total. The molecule has 4 heteroatoms. The molecule has 1 aromatic carbocycles. The topological polar surface area (TPSA) is 50.4 Å². The van der Waals surface area contributed by atoms with Crippen LogP contribution in [0.4, 0.5) is 4.79 Å². The first kappa shape index (κ1) is 19.5. The van der Waals surface area contributed by atoms with Crippen molar-refractivity contribution < 1.29 is 9.53 Å². The lowest BCUT2D eigenvalue weighted by Crippen LogP contribution is -2.37. The number of nitrogens with one attached hydrogen (secondary N) is 2. The van der Waals surface area contributed by atoms with Crippen molar-refractivity contribution >= 4 is 6.09 Å². The Labute approximate surface area is 141 Å². The number of amides is 1. The third kappa shape index (κ3) is 8.03. The van der Waals surface area contributed by atoms with Gasteiger partial charge in [-0.25, -0.2) is 4.79 Å². The standard InChI is InChI=1S/C19H32N2O2/c1-14(2)15(3)20-13-12-17(16-10-8-7-9-11-16)21-18(22)23-19(4,5)6/h7-11,14-15,17,20H,12-13H2,1-6H3,(H,21,22). The zero-order valence-electron chi connectivity index (χ0n) is 15.3. The number of hydrogen-bond acceptors (Lipinski definition) is 3. The van der Waals surface area contributed by atoms with Crippen LogP contribution in [0.5, 0.6) is 0 Å². The molecule has 0 aliphatic rings. The highest BCUT2D eigenvalue weighted by Crippen LogP contribution is 2.17. The summed E-state index contributed by atoms with van der Waals surface area (Å²) in [4.78, 5) is 12.1. The van der Waals surface area contributed by atoms with Crippen LogP contribution in [-0.4, -0.2) is 24.3 Å². The number of benzene rings is 1. The van der Waals surface area contributed by atoms with E-state index in [0.29, 0.717) is 12.0 Å². The normalized spacial score (nSPS) is 14.4. The van der Waals surface area contributed by atoms with Crippen LogP contribution in [0.25, 0.3) is 0 Å². The summed E-state index contributed by atoms with van der Waals surface area (Å²) < 4.78 is 5.38. The summed E-state index contributed by atoms with van der Waals surface area (Å²) in [5.74, 6) is 0.587. The fourth-order valence-electron chi connectivity index (χ4n) is 2.15. The van der Waals surface area contributed by atoms with Gasteiger partial charge in [-0.2, -0.15) is 0 Å². The average molecular weight is 320 g/mol. The van der Waals surface area contributed by atoms with Crippen LogP contribution >= 0.6 is 0 Å². The number of carbonyl (C=O) groups is 1. The Morgan fingerprint density at radius 2 is 1.74 bits per heavy atom. The molecule has 0 fully saturated rings. The van der Waals surface area contributed by atoms with Crippen LogP contribution in [0, 0.1) is 5.92 Å². The second-order valence-corrected chi connectivity index (χ2v) is 7.38. The fraction of sp³-hybridized carbons (Fsp3) is 0.632. The van der Waals surface area contributed by atoms with E-state index in [-0.39, 0.29) is 12.1 Å². The molecule has 0 aliphatic heterocycles. The molecule has 0 bridgehead atoms. The summed E-state index contributed by atoms with van der Waals surface area (Å²) in [6.45, 7) is 13.0. The molecule has 2 atom stereocenters. The molecule has 0 spiro atoms. The number of ether oxygens (including phenoxy) is 1. The largest absolute Gasteiger partial charge is 0.444 e. The van der Waals surface area contributed by atoms with Crippen molar-refractivity contribution in [2.45, 2.75) is 65.6 Å². The Hall–Kier alpha value is -1.55. The molecule has 2 unspecified atom stereocenters. The predicted molar refractivity (Wildman–Crippen MR) is 95.5 cm³/mol. The summed E-state index contributed by atoms with van der Waals surface area (Å²) in [5.41, 5.74) is 0.604. The second kappa shape index (κ2) is 8.92. The SMILES string of the molecule is CC(C)C(C)NCCC(NC(=O)OC(C)(C)C)c1ccccc1. The lowest BCUT2D eigenvalue weighted by Gasteiger charge is -2.25. The molecule has 1 rings (SSSR count). The van der Waals surface area contributed by atoms with E-state index in [1.807, 2.05) is 51.1 Å². The van der Waals surface area contributed by atoms with E-state index in [1.165, 1.54) is 0 Å². The molecule has 130 valence electrons. The maximum Gasteiger partial charge on any atom is 0.408 e. The highest BCUT2D eigenvalue weighted by atomic mass is 16.6. The van der Waals surface area contributed by atoms with E-state index in [9.17, 15) is 4.79 Å². The van der Waals surface area contributed by atoms with Gasteiger partial charge >= 0.3 is 6.09 Å². The van der Waals surface area contributed by atoms with Gasteiger partial charge in [0.05, 0.1) is 6.04 Å². The van der Waals surface area contributed by atoms with E-state index in [1.54, 1.807) is 0 Å². The van der Waals surface area contributed by atoms with Gasteiger partial charge in [-0.1, -0.05) is 44.2 Å². The van der Waals surface area contributed by atoms with E-state index >= 15 is 0 Å². The number of rotatable bonds is 7. The van der Waals surface area contributed by atoms with E-state index in [2.05, 4.69) is 31.4 Å². The van der Waals surface area contributed by atoms with Gasteiger partial charge in [-0.05, 0) is 52.1 Å². The minimum Gasteiger partial charge on any atom is -0.444 e. The summed E-state index contributed by atoms with van der Waals surface area (Å²) >= 11 is 0. The highest BCUT2D eigenvalue weighted by molar-refractivity contribution is 5.68. The first-order valence-electron chi connectivity index (χ1n) is 8.47. The third-order valence-electron chi connectivity index (χ3n) is 3.79. The Morgan fingerprint density at radius 3 is 2.26 bits per heavy atom. The Morgan fingerprint density at radius 1 is 1.13 bits per heavy atom. The maximum atomic E-state index is 12.1. The third-order valence-corrected chi connectivity index (χ3v) is 3.79. The molecule has 0 aliphatic carbocycles. The van der Waals surface area contributed by atoms with Crippen molar-refractivity contribution in [1.29, 1.82) is 0 Å². The van der Waals surface area contributed by atoms with Crippen molar-refractivity contribution in [3.05, 3.63) is 35.9 Å². The molecule has 0 saturated heterocycles. The predicted octanol–water partition coefficient (Wildman–Crippen LogP) is 4.28. The minimum absolute atomic E-state index is 0.0575. The van der Waals surface area contributed by atoms with Crippen LogP contribution in [0.15, 0.2) is 30.3 Å². The van der Waals surface area contributed by atoms with Crippen molar-refractivity contribution in [2.24, 2.45) is 5.92 Å². The van der Waals surface area contributed by atoms with E-state index < -0.39 is 5.60 Å². The van der Waals surface area contributed by atoms with Gasteiger partial charge in [-0.3, -0.25) is 0 Å². The van der Waals surface area contributed by atoms with Gasteiger partial charge in [-0.15, -0.1) is 0 Å². The van der Waals surface area contributed by atoms with Crippen LogP contribution < -0.4 is 10.6 Å². The van der Waals surface area contributed by atoms with Crippen LogP contribution in [0.1, 0.15) is 59.6 Å². The Balaban J connectivity index is 2.65. The first-order chi connectivity index (χ1) is 10.7. The van der Waals surface area contributed by atoms with Crippen LogP contribution in [0.2, 0.25) is 0 Å². The molecule has 0 aromatic heterocycles. The molecule has 0 heterocycles. The van der Waals surface area contributed by atoms with Crippen molar-refractivity contribution in [3.63, 3.8) is 0 Å². The lowest BCUT2D eigenvalue weighted by molar-refractivity contribution is 0.0501. The number of hydrogen-bond donors (Lipinski definition) is 2. The molecule has 4 nitrogen and oxygen atoms in total. The Bertz CT molecular complexity index is 466. The fourth-order valence-corrected chi connectivity index (χ4v) is 2.15. The summed E-state index contributed by atoms with van der Waals surface area (Å²) in [6, 6.07) is 10.4. The van der Waals surface area contributed by atoms with Gasteiger partial charge in [0.1, 0.15) is 5.60 Å². The summed E-state index contributed by atoms with van der Waals surface area (Å²) in [5, 5.41) is 6.50. The van der Waals surface area contributed by atoms with Crippen LogP contribution in [0.3, 0.4) is 0 Å². The zero-order chi connectivity index (χ0) is 17.5. The summed E-state index contributed by atoms with van der Waals surface area (Å²) in [7, 11) is 0. The van der Waals surface area contributed by atoms with Gasteiger partial charge in [0.2, 0.25) is 0 Å². The molecule has 1 amide bonds. The van der Waals surface area contributed by atoms with Gasteiger partial charge in [0.15, 0.2) is 0 Å². The monoisotopic (exact) mass is 320 g/mol. The molecular weight excluding hydrogens is 288 g/mol. The molecule has 0 radical (unpaired) electrons. The van der Waals surface area contributed by atoms with E-state index in [4.69, 9.17) is 4.74 Å². The van der Waals surface area contributed by atoms with Gasteiger partial charge in [0, 0.05) is 6.04 Å². The van der Waals surface area contributed by atoms with E-state index in [0.717, 1.165) is 18.5 Å². The first-order valence-corrected chi connectivity index (χ1v) is 8.47. The molecular formula is C19H32N2O2. The maximum absolute atomic E-state index is 12.1. The Kier molecular flexibility index (Phi) is 7.56. The molecule has 23 heavy (non-hydrogen) atoms. The van der Waals surface area contributed by atoms with Gasteiger partial charge < -0.3 is 15.4 Å². The zero-order valence-corrected chi connectivity index (χ0v) is 15.3. The second-order valence-electron chi connectivity index (χ2n) is 7.38. The summed E-state index contributed by atoms with van der Waals surface area (Å²) in [6.07, 6.45) is 0.448. The molecule has 1 aromatic rings. The van der Waals surface area contributed by atoms with Crippen molar-refractivity contribution in [1.82, 2.24) is 10.6 Å². The quantitative estimate of drug-likeness (QED) is 0.788. The number of carbonyl (C=O) groups excluding carboxylic acids is 1. The van der Waals surface area contributed by atoms with Crippen LogP contribution in [-0.2, 0) is 4.74 Å². The van der Waals surface area contributed by atoms with Crippen molar-refractivity contribution in [3.8, 4) is 0 Å². The van der Waals surface area contributed by atoms with Gasteiger partial charge in [0.25, 0.3) is 0 Å². The average Bonchev–Trinajstić information content (AvgIpc) is 2.45. The number of alkyl carbamates (subject to hydrolysis) is 1. The minimum atomic E-state index is -0.490. The lowest BCUT2D eigenvalue weighted by atomic mass is 10.0. The smallest absolute Gasteiger partial charge is 0.408 e. The highest BCUT2D eigenvalue weighted by Gasteiger charge is 2.20. The molecule has 0 saturated carbocycles. The van der Waals surface area contributed by atoms with Crippen molar-refractivity contribution in [2.75, 3.05) is 6.54 Å².